The van der Waals surface area contributed by atoms with Crippen LogP contribution in [0, 0.1) is 0 Å². The SMILES string of the molecule is O=C(OCCN1C(=O)c2ccccc2C1=O)c1ccccc1SCC(=O)N1CCCC1. The third-order valence-corrected chi connectivity index (χ3v) is 6.40. The van der Waals surface area contributed by atoms with Gasteiger partial charge >= 0.3 is 5.97 Å². The zero-order valence-corrected chi connectivity index (χ0v) is 17.7. The first-order valence-electron chi connectivity index (χ1n) is 10.2. The number of likely N-dealkylation sites (tertiary alicyclic amines) is 1. The molecule has 7 nitrogen and oxygen atoms in total. The lowest BCUT2D eigenvalue weighted by Gasteiger charge is -2.16. The second-order valence-electron chi connectivity index (χ2n) is 7.32. The summed E-state index contributed by atoms with van der Waals surface area (Å²) < 4.78 is 5.34. The normalized spacial score (nSPS) is 15.4. The molecule has 4 rings (SSSR count). The number of hydrogen-bond donors (Lipinski definition) is 0. The Morgan fingerprint density at radius 3 is 2.19 bits per heavy atom. The number of rotatable bonds is 7. The van der Waals surface area contributed by atoms with E-state index >= 15 is 0 Å². The van der Waals surface area contributed by atoms with Crippen LogP contribution in [0.25, 0.3) is 0 Å². The van der Waals surface area contributed by atoms with Gasteiger partial charge < -0.3 is 9.64 Å². The summed E-state index contributed by atoms with van der Waals surface area (Å²) in [5.74, 6) is -0.982. The van der Waals surface area contributed by atoms with Crippen LogP contribution in [-0.2, 0) is 9.53 Å². The van der Waals surface area contributed by atoms with E-state index in [0.717, 1.165) is 30.8 Å². The molecule has 2 aliphatic rings. The monoisotopic (exact) mass is 438 g/mol. The maximum Gasteiger partial charge on any atom is 0.339 e. The van der Waals surface area contributed by atoms with E-state index in [1.807, 2.05) is 4.90 Å². The van der Waals surface area contributed by atoms with E-state index in [-0.39, 0.29) is 36.6 Å². The number of hydrogen-bond acceptors (Lipinski definition) is 6. The fraction of sp³-hybridized carbons (Fsp3) is 0.304. The van der Waals surface area contributed by atoms with Gasteiger partial charge in [-0.3, -0.25) is 19.3 Å². The fourth-order valence-electron chi connectivity index (χ4n) is 3.71. The van der Waals surface area contributed by atoms with Gasteiger partial charge in [0, 0.05) is 18.0 Å². The van der Waals surface area contributed by atoms with Gasteiger partial charge in [-0.2, -0.15) is 0 Å². The molecule has 31 heavy (non-hydrogen) atoms. The van der Waals surface area contributed by atoms with E-state index < -0.39 is 5.97 Å². The Labute approximate surface area is 184 Å². The lowest BCUT2D eigenvalue weighted by atomic mass is 10.1. The van der Waals surface area contributed by atoms with E-state index in [1.165, 1.54) is 11.8 Å². The van der Waals surface area contributed by atoms with Gasteiger partial charge in [0.1, 0.15) is 6.61 Å². The van der Waals surface area contributed by atoms with Crippen molar-refractivity contribution >= 4 is 35.5 Å². The predicted molar refractivity (Wildman–Crippen MR) is 115 cm³/mol. The Hall–Kier alpha value is -3.13. The van der Waals surface area contributed by atoms with Crippen LogP contribution in [0.5, 0.6) is 0 Å². The highest BCUT2D eigenvalue weighted by Crippen LogP contribution is 2.25. The number of ether oxygens (including phenoxy) is 1. The second kappa shape index (κ2) is 9.34. The average molecular weight is 439 g/mol. The quantitative estimate of drug-likeness (QED) is 0.376. The molecule has 0 saturated carbocycles. The molecular formula is C23H22N2O5S. The van der Waals surface area contributed by atoms with Crippen molar-refractivity contribution in [2.24, 2.45) is 0 Å². The van der Waals surface area contributed by atoms with Crippen LogP contribution < -0.4 is 0 Å². The molecule has 160 valence electrons. The number of fused-ring (bicyclic) bond motifs is 1. The van der Waals surface area contributed by atoms with Crippen LogP contribution in [0.15, 0.2) is 53.4 Å². The number of imide groups is 1. The highest BCUT2D eigenvalue weighted by Gasteiger charge is 2.34. The highest BCUT2D eigenvalue weighted by molar-refractivity contribution is 8.00. The number of carbonyl (C=O) groups excluding carboxylic acids is 4. The molecule has 2 aromatic carbocycles. The minimum Gasteiger partial charge on any atom is -0.460 e. The fourth-order valence-corrected chi connectivity index (χ4v) is 4.65. The van der Waals surface area contributed by atoms with Crippen molar-refractivity contribution < 1.29 is 23.9 Å². The lowest BCUT2D eigenvalue weighted by molar-refractivity contribution is -0.127. The van der Waals surface area contributed by atoms with Crippen LogP contribution in [0.3, 0.4) is 0 Å². The van der Waals surface area contributed by atoms with Crippen molar-refractivity contribution in [1.82, 2.24) is 9.80 Å². The molecule has 0 radical (unpaired) electrons. The maximum absolute atomic E-state index is 12.6. The van der Waals surface area contributed by atoms with Gasteiger partial charge in [-0.25, -0.2) is 4.79 Å². The molecule has 0 atom stereocenters. The first-order chi connectivity index (χ1) is 15.1. The maximum atomic E-state index is 12.6. The van der Waals surface area contributed by atoms with E-state index in [1.54, 1.807) is 48.5 Å². The van der Waals surface area contributed by atoms with Gasteiger partial charge in [-0.15, -0.1) is 11.8 Å². The van der Waals surface area contributed by atoms with Crippen LogP contribution in [0.1, 0.15) is 43.9 Å². The van der Waals surface area contributed by atoms with Gasteiger partial charge in [-0.05, 0) is 37.1 Å². The smallest absolute Gasteiger partial charge is 0.339 e. The summed E-state index contributed by atoms with van der Waals surface area (Å²) in [5.41, 5.74) is 1.09. The summed E-state index contributed by atoms with van der Waals surface area (Å²) in [6, 6.07) is 13.6. The summed E-state index contributed by atoms with van der Waals surface area (Å²) >= 11 is 1.31. The number of thioether (sulfide) groups is 1. The standard InChI is InChI=1S/C23H22N2O5S/c26-20(24-11-5-6-12-24)15-31-19-10-4-3-9-18(19)23(29)30-14-13-25-21(27)16-7-1-2-8-17(16)22(25)28/h1-4,7-10H,5-6,11-15H2. The van der Waals surface area contributed by atoms with Crippen molar-refractivity contribution in [1.29, 1.82) is 0 Å². The summed E-state index contributed by atoms with van der Waals surface area (Å²) in [6.07, 6.45) is 2.07. The van der Waals surface area contributed by atoms with Crippen LogP contribution >= 0.6 is 11.8 Å². The molecule has 0 unspecified atom stereocenters. The van der Waals surface area contributed by atoms with Crippen LogP contribution in [0.4, 0.5) is 0 Å². The van der Waals surface area contributed by atoms with E-state index in [9.17, 15) is 19.2 Å². The molecule has 0 N–H and O–H groups in total. The van der Waals surface area contributed by atoms with Gasteiger partial charge in [0.25, 0.3) is 11.8 Å². The van der Waals surface area contributed by atoms with Crippen molar-refractivity contribution in [2.75, 3.05) is 32.0 Å². The molecule has 1 saturated heterocycles. The topological polar surface area (TPSA) is 84.0 Å². The molecule has 2 aliphatic heterocycles. The Morgan fingerprint density at radius 1 is 0.903 bits per heavy atom. The zero-order valence-electron chi connectivity index (χ0n) is 16.9. The molecule has 8 heteroatoms. The Kier molecular flexibility index (Phi) is 6.36. The lowest BCUT2D eigenvalue weighted by Crippen LogP contribution is -2.33. The van der Waals surface area contributed by atoms with Gasteiger partial charge in [0.05, 0.1) is 29.0 Å². The number of nitrogens with zero attached hydrogens (tertiary/aromatic N) is 2. The first-order valence-corrected chi connectivity index (χ1v) is 11.2. The third kappa shape index (κ3) is 4.49. The molecule has 0 aromatic heterocycles. The molecule has 2 aromatic rings. The average Bonchev–Trinajstić information content (AvgIpc) is 3.41. The van der Waals surface area contributed by atoms with E-state index in [0.29, 0.717) is 21.6 Å². The number of carbonyl (C=O) groups is 4. The van der Waals surface area contributed by atoms with Crippen molar-refractivity contribution in [3.63, 3.8) is 0 Å². The number of esters is 1. The highest BCUT2D eigenvalue weighted by atomic mass is 32.2. The predicted octanol–water partition coefficient (Wildman–Crippen LogP) is 2.85. The Bertz CT molecular complexity index is 997. The van der Waals surface area contributed by atoms with Gasteiger partial charge in [0.2, 0.25) is 5.91 Å². The molecule has 0 aliphatic carbocycles. The summed E-state index contributed by atoms with van der Waals surface area (Å²) in [7, 11) is 0. The number of amides is 3. The minimum atomic E-state index is -0.548. The summed E-state index contributed by atoms with van der Waals surface area (Å²) in [6.45, 7) is 1.47. The van der Waals surface area contributed by atoms with Gasteiger partial charge in [0.15, 0.2) is 0 Å². The largest absolute Gasteiger partial charge is 0.460 e. The Balaban J connectivity index is 1.33. The van der Waals surface area contributed by atoms with Gasteiger partial charge in [-0.1, -0.05) is 24.3 Å². The van der Waals surface area contributed by atoms with E-state index in [4.69, 9.17) is 4.74 Å². The molecule has 0 bridgehead atoms. The molecular weight excluding hydrogens is 416 g/mol. The molecule has 3 amide bonds. The number of benzene rings is 2. The van der Waals surface area contributed by atoms with Crippen molar-refractivity contribution in [3.05, 3.63) is 65.2 Å². The summed E-state index contributed by atoms with van der Waals surface area (Å²) in [4.78, 5) is 53.3. The zero-order chi connectivity index (χ0) is 21.8. The van der Waals surface area contributed by atoms with Crippen LogP contribution in [-0.4, -0.2) is 65.5 Å². The minimum absolute atomic E-state index is 0.0131. The third-order valence-electron chi connectivity index (χ3n) is 5.34. The van der Waals surface area contributed by atoms with Crippen molar-refractivity contribution in [2.45, 2.75) is 17.7 Å². The van der Waals surface area contributed by atoms with Crippen molar-refractivity contribution in [3.8, 4) is 0 Å². The summed E-state index contributed by atoms with van der Waals surface area (Å²) in [5, 5.41) is 0. The molecule has 1 fully saturated rings. The van der Waals surface area contributed by atoms with Crippen LogP contribution in [0.2, 0.25) is 0 Å². The molecule has 2 heterocycles. The Morgan fingerprint density at radius 2 is 1.52 bits per heavy atom. The second-order valence-corrected chi connectivity index (χ2v) is 8.33. The van der Waals surface area contributed by atoms with E-state index in [2.05, 4.69) is 0 Å². The first kappa shape index (κ1) is 21.1. The molecule has 0 spiro atoms.